The van der Waals surface area contributed by atoms with Crippen molar-refractivity contribution in [2.24, 2.45) is 0 Å². The van der Waals surface area contributed by atoms with Crippen LogP contribution in [0.5, 0.6) is 0 Å². The Morgan fingerprint density at radius 3 is 2.48 bits per heavy atom. The van der Waals surface area contributed by atoms with Crippen LogP contribution in [0.25, 0.3) is 0 Å². The highest BCUT2D eigenvalue weighted by molar-refractivity contribution is 5.94. The fraction of sp³-hybridized carbons (Fsp3) is 0.300. The number of hydrogen-bond acceptors (Lipinski definition) is 5. The normalized spacial score (nSPS) is 13.3. The minimum atomic E-state index is -0.569. The molecular weight excluding hydrogens is 349 g/mol. The van der Waals surface area contributed by atoms with Crippen LogP contribution in [-0.4, -0.2) is 38.6 Å². The van der Waals surface area contributed by atoms with Crippen molar-refractivity contribution in [3.05, 3.63) is 53.8 Å². The molecule has 2 aromatic rings. The second kappa shape index (κ2) is 8.53. The molecule has 0 atom stereocenters. The lowest BCUT2D eigenvalue weighted by atomic mass is 10.2. The highest BCUT2D eigenvalue weighted by Crippen LogP contribution is 2.22. The van der Waals surface area contributed by atoms with E-state index in [0.29, 0.717) is 5.69 Å². The van der Waals surface area contributed by atoms with Crippen molar-refractivity contribution >= 4 is 28.9 Å². The van der Waals surface area contributed by atoms with Crippen LogP contribution < -0.4 is 15.5 Å². The molecule has 7 heteroatoms. The number of carbonyl (C=O) groups excluding carboxylic acids is 2. The van der Waals surface area contributed by atoms with Crippen LogP contribution in [0.1, 0.15) is 23.2 Å². The quantitative estimate of drug-likeness (QED) is 0.763. The molecule has 0 aromatic heterocycles. The summed E-state index contributed by atoms with van der Waals surface area (Å²) >= 11 is 0. The molecule has 0 unspecified atom stereocenters. The Hall–Kier alpha value is -3.09. The maximum atomic E-state index is 13.9. The Morgan fingerprint density at radius 1 is 1.11 bits per heavy atom. The van der Waals surface area contributed by atoms with E-state index >= 15 is 0 Å². The molecule has 1 fully saturated rings. The number of nitrogens with zero attached hydrogens (tertiary/aromatic N) is 1. The number of carbonyl (C=O) groups is 2. The molecule has 3 rings (SSSR count). The van der Waals surface area contributed by atoms with E-state index in [2.05, 4.69) is 20.3 Å². The van der Waals surface area contributed by atoms with E-state index < -0.39 is 11.8 Å². The van der Waals surface area contributed by atoms with Gasteiger partial charge < -0.3 is 20.3 Å². The lowest BCUT2D eigenvalue weighted by Gasteiger charge is -2.17. The molecule has 0 aliphatic carbocycles. The van der Waals surface area contributed by atoms with Gasteiger partial charge in [0.15, 0.2) is 0 Å². The summed E-state index contributed by atoms with van der Waals surface area (Å²) < 4.78 is 18.5. The minimum absolute atomic E-state index is 0.0671. The van der Waals surface area contributed by atoms with Gasteiger partial charge in [-0.3, -0.25) is 4.79 Å². The molecule has 142 valence electrons. The molecule has 0 bridgehead atoms. The summed E-state index contributed by atoms with van der Waals surface area (Å²) in [5.41, 5.74) is 2.09. The first kappa shape index (κ1) is 18.7. The molecular formula is C20H22FN3O3. The van der Waals surface area contributed by atoms with E-state index in [1.165, 1.54) is 32.1 Å². The number of methoxy groups -OCH3 is 1. The van der Waals surface area contributed by atoms with Gasteiger partial charge in [0, 0.05) is 24.5 Å². The van der Waals surface area contributed by atoms with Gasteiger partial charge in [-0.25, -0.2) is 9.18 Å². The number of halogens is 1. The second-order valence-corrected chi connectivity index (χ2v) is 6.33. The van der Waals surface area contributed by atoms with Crippen molar-refractivity contribution in [1.82, 2.24) is 0 Å². The number of esters is 1. The molecule has 1 aliphatic heterocycles. The summed E-state index contributed by atoms with van der Waals surface area (Å²) in [6, 6.07) is 11.5. The third kappa shape index (κ3) is 4.75. The number of anilines is 3. The van der Waals surface area contributed by atoms with Crippen molar-refractivity contribution in [3.63, 3.8) is 0 Å². The molecule has 2 aromatic carbocycles. The first-order valence-electron chi connectivity index (χ1n) is 8.83. The molecule has 1 amide bonds. The zero-order chi connectivity index (χ0) is 19.2. The molecule has 0 radical (unpaired) electrons. The lowest BCUT2D eigenvalue weighted by molar-refractivity contribution is -0.114. The van der Waals surface area contributed by atoms with Crippen LogP contribution in [0.2, 0.25) is 0 Å². The van der Waals surface area contributed by atoms with E-state index in [1.807, 2.05) is 24.3 Å². The van der Waals surface area contributed by atoms with Gasteiger partial charge in [-0.2, -0.15) is 0 Å². The monoisotopic (exact) mass is 371 g/mol. The Balaban J connectivity index is 1.56. The summed E-state index contributed by atoms with van der Waals surface area (Å²) in [5.74, 6) is -1.43. The number of amides is 1. The van der Waals surface area contributed by atoms with Crippen molar-refractivity contribution < 1.29 is 18.7 Å². The minimum Gasteiger partial charge on any atom is -0.465 e. The van der Waals surface area contributed by atoms with Crippen molar-refractivity contribution in [2.75, 3.05) is 42.3 Å². The fourth-order valence-electron chi connectivity index (χ4n) is 3.02. The van der Waals surface area contributed by atoms with Crippen LogP contribution in [0.15, 0.2) is 42.5 Å². The van der Waals surface area contributed by atoms with Crippen LogP contribution in [0, 0.1) is 5.82 Å². The van der Waals surface area contributed by atoms with Gasteiger partial charge >= 0.3 is 5.97 Å². The van der Waals surface area contributed by atoms with E-state index in [-0.39, 0.29) is 23.7 Å². The standard InChI is InChI=1S/C20H22FN3O3/c1-27-20(26)14-4-9-17(21)18(12-14)22-13-19(25)23-15-5-7-16(8-6-15)24-10-2-3-11-24/h4-9,12,22H,2-3,10-11,13H2,1H3,(H,23,25). The van der Waals surface area contributed by atoms with Gasteiger partial charge in [0.25, 0.3) is 0 Å². The van der Waals surface area contributed by atoms with Gasteiger partial charge in [0.1, 0.15) is 5.82 Å². The lowest BCUT2D eigenvalue weighted by Crippen LogP contribution is -2.22. The highest BCUT2D eigenvalue weighted by atomic mass is 19.1. The molecule has 1 aliphatic rings. The van der Waals surface area contributed by atoms with Crippen molar-refractivity contribution in [2.45, 2.75) is 12.8 Å². The van der Waals surface area contributed by atoms with Crippen LogP contribution in [0.4, 0.5) is 21.5 Å². The second-order valence-electron chi connectivity index (χ2n) is 6.33. The summed E-state index contributed by atoms with van der Waals surface area (Å²) in [6.45, 7) is 1.99. The predicted octanol–water partition coefficient (Wildman–Crippen LogP) is 3.26. The van der Waals surface area contributed by atoms with Gasteiger partial charge in [-0.1, -0.05) is 0 Å². The van der Waals surface area contributed by atoms with Crippen molar-refractivity contribution in [1.29, 1.82) is 0 Å². The molecule has 6 nitrogen and oxygen atoms in total. The average molecular weight is 371 g/mol. The van der Waals surface area contributed by atoms with Crippen LogP contribution in [0.3, 0.4) is 0 Å². The largest absolute Gasteiger partial charge is 0.465 e. The number of rotatable bonds is 6. The van der Waals surface area contributed by atoms with Gasteiger partial charge in [0.2, 0.25) is 5.91 Å². The number of ether oxygens (including phenoxy) is 1. The summed E-state index contributed by atoms with van der Waals surface area (Å²) in [7, 11) is 1.25. The van der Waals surface area contributed by atoms with E-state index in [9.17, 15) is 14.0 Å². The van der Waals surface area contributed by atoms with E-state index in [1.54, 1.807) is 0 Å². The Morgan fingerprint density at radius 2 is 1.81 bits per heavy atom. The van der Waals surface area contributed by atoms with Crippen molar-refractivity contribution in [3.8, 4) is 0 Å². The molecule has 0 spiro atoms. The fourth-order valence-corrected chi connectivity index (χ4v) is 3.02. The maximum absolute atomic E-state index is 13.9. The Bertz CT molecular complexity index is 818. The zero-order valence-corrected chi connectivity index (χ0v) is 15.1. The third-order valence-corrected chi connectivity index (χ3v) is 4.45. The molecule has 27 heavy (non-hydrogen) atoms. The summed E-state index contributed by atoms with van der Waals surface area (Å²) in [4.78, 5) is 25.9. The maximum Gasteiger partial charge on any atom is 0.337 e. The van der Waals surface area contributed by atoms with Crippen LogP contribution in [-0.2, 0) is 9.53 Å². The smallest absolute Gasteiger partial charge is 0.337 e. The first-order chi connectivity index (χ1) is 13.1. The predicted molar refractivity (Wildman–Crippen MR) is 103 cm³/mol. The number of benzene rings is 2. The van der Waals surface area contributed by atoms with Crippen LogP contribution >= 0.6 is 0 Å². The molecule has 1 heterocycles. The molecule has 1 saturated heterocycles. The zero-order valence-electron chi connectivity index (χ0n) is 15.1. The number of hydrogen-bond donors (Lipinski definition) is 2. The SMILES string of the molecule is COC(=O)c1ccc(F)c(NCC(=O)Nc2ccc(N3CCCC3)cc2)c1. The highest BCUT2D eigenvalue weighted by Gasteiger charge is 2.13. The topological polar surface area (TPSA) is 70.7 Å². The van der Waals surface area contributed by atoms with Gasteiger partial charge in [0.05, 0.1) is 24.9 Å². The van der Waals surface area contributed by atoms with E-state index in [0.717, 1.165) is 24.8 Å². The first-order valence-corrected chi connectivity index (χ1v) is 8.83. The number of nitrogens with one attached hydrogen (secondary N) is 2. The third-order valence-electron chi connectivity index (χ3n) is 4.45. The Labute approximate surface area is 157 Å². The van der Waals surface area contributed by atoms with Gasteiger partial charge in [-0.05, 0) is 55.3 Å². The summed E-state index contributed by atoms with van der Waals surface area (Å²) in [5, 5.41) is 5.47. The van der Waals surface area contributed by atoms with E-state index in [4.69, 9.17) is 0 Å². The Kier molecular flexibility index (Phi) is 5.90. The van der Waals surface area contributed by atoms with Gasteiger partial charge in [-0.15, -0.1) is 0 Å². The molecule has 2 N–H and O–H groups in total. The average Bonchev–Trinajstić information content (AvgIpc) is 3.22. The molecule has 0 saturated carbocycles. The summed E-state index contributed by atoms with van der Waals surface area (Å²) in [6.07, 6.45) is 2.41.